The van der Waals surface area contributed by atoms with Crippen LogP contribution < -0.4 is 5.73 Å². The quantitative estimate of drug-likeness (QED) is 0.928. The van der Waals surface area contributed by atoms with Crippen molar-refractivity contribution in [3.63, 3.8) is 0 Å². The lowest BCUT2D eigenvalue weighted by Crippen LogP contribution is -2.35. The molecular weight excluding hydrogens is 259 g/mol. The van der Waals surface area contributed by atoms with Gasteiger partial charge in [0.2, 0.25) is 0 Å². The molecule has 0 aliphatic rings. The lowest BCUT2D eigenvalue weighted by Gasteiger charge is -2.22. The summed E-state index contributed by atoms with van der Waals surface area (Å²) in [5.41, 5.74) is 8.03. The zero-order valence-corrected chi connectivity index (χ0v) is 12.4. The summed E-state index contributed by atoms with van der Waals surface area (Å²) in [5, 5.41) is 0.950. The van der Waals surface area contributed by atoms with Crippen molar-refractivity contribution in [2.45, 2.75) is 39.2 Å². The first kappa shape index (κ1) is 14.2. The summed E-state index contributed by atoms with van der Waals surface area (Å²) >= 11 is 1.66. The number of aromatic nitrogens is 1. The minimum atomic E-state index is -0.513. The first-order valence-corrected chi connectivity index (χ1v) is 7.24. The Bertz CT molecular complexity index is 558. The Kier molecular flexibility index (Phi) is 4.02. The van der Waals surface area contributed by atoms with E-state index in [-0.39, 0.29) is 5.82 Å². The topological polar surface area (TPSA) is 38.9 Å². The largest absolute Gasteiger partial charge is 0.319 e. The minimum Gasteiger partial charge on any atom is -0.319 e. The molecule has 2 nitrogen and oxygen atoms in total. The van der Waals surface area contributed by atoms with E-state index >= 15 is 0 Å². The first-order chi connectivity index (χ1) is 8.92. The van der Waals surface area contributed by atoms with Crippen LogP contribution in [-0.2, 0) is 18.4 Å². The predicted octanol–water partition coefficient (Wildman–Crippen LogP) is 3.57. The molecule has 0 bridgehead atoms. The molecule has 0 aliphatic heterocycles. The Hall–Kier alpha value is -1.26. The van der Waals surface area contributed by atoms with Gasteiger partial charge in [-0.05, 0) is 44.4 Å². The maximum atomic E-state index is 12.9. The molecule has 2 aromatic rings. The van der Waals surface area contributed by atoms with E-state index in [0.29, 0.717) is 6.42 Å². The van der Waals surface area contributed by atoms with Crippen molar-refractivity contribution >= 4 is 11.3 Å². The van der Waals surface area contributed by atoms with Gasteiger partial charge in [0.15, 0.2) is 0 Å². The maximum Gasteiger partial charge on any atom is 0.123 e. The second-order valence-electron chi connectivity index (χ2n) is 5.10. The fraction of sp³-hybridized carbons (Fsp3) is 0.400. The number of hydrogen-bond donors (Lipinski definition) is 1. The van der Waals surface area contributed by atoms with Crippen molar-refractivity contribution < 1.29 is 4.39 Å². The number of rotatable bonds is 4. The molecule has 2 N–H and O–H groups in total. The van der Waals surface area contributed by atoms with Gasteiger partial charge in [0.25, 0.3) is 0 Å². The zero-order chi connectivity index (χ0) is 14.0. The summed E-state index contributed by atoms with van der Waals surface area (Å²) in [6.07, 6.45) is 1.58. The van der Waals surface area contributed by atoms with Gasteiger partial charge in [0, 0.05) is 4.88 Å². The van der Waals surface area contributed by atoms with E-state index in [1.165, 1.54) is 17.0 Å². The van der Waals surface area contributed by atoms with E-state index in [1.54, 1.807) is 23.5 Å². The van der Waals surface area contributed by atoms with Crippen LogP contribution in [0.15, 0.2) is 24.3 Å². The van der Waals surface area contributed by atoms with Crippen LogP contribution in [0.5, 0.6) is 0 Å². The van der Waals surface area contributed by atoms with Crippen LogP contribution in [0.4, 0.5) is 4.39 Å². The summed E-state index contributed by atoms with van der Waals surface area (Å²) < 4.78 is 12.9. The third kappa shape index (κ3) is 3.19. The van der Waals surface area contributed by atoms with Gasteiger partial charge in [-0.15, -0.1) is 11.3 Å². The SMILES string of the molecule is CCc1nc(C(C)(N)Cc2ccc(F)cc2)sc1C. The highest BCUT2D eigenvalue weighted by Crippen LogP contribution is 2.29. The van der Waals surface area contributed by atoms with Crippen molar-refractivity contribution in [2.75, 3.05) is 0 Å². The Morgan fingerprint density at radius 1 is 1.32 bits per heavy atom. The normalized spacial score (nSPS) is 14.4. The summed E-state index contributed by atoms with van der Waals surface area (Å²) in [6.45, 7) is 6.15. The first-order valence-electron chi connectivity index (χ1n) is 6.42. The highest BCUT2D eigenvalue weighted by molar-refractivity contribution is 7.11. The van der Waals surface area contributed by atoms with Crippen LogP contribution in [0.3, 0.4) is 0 Å². The third-order valence-electron chi connectivity index (χ3n) is 3.20. The van der Waals surface area contributed by atoms with Crippen LogP contribution in [-0.4, -0.2) is 4.98 Å². The molecule has 1 heterocycles. The van der Waals surface area contributed by atoms with Crippen molar-refractivity contribution in [3.05, 3.63) is 51.2 Å². The van der Waals surface area contributed by atoms with Gasteiger partial charge >= 0.3 is 0 Å². The van der Waals surface area contributed by atoms with Gasteiger partial charge in [-0.2, -0.15) is 0 Å². The third-order valence-corrected chi connectivity index (χ3v) is 4.49. The van der Waals surface area contributed by atoms with E-state index in [0.717, 1.165) is 22.7 Å². The molecule has 1 atom stereocenters. The lowest BCUT2D eigenvalue weighted by atomic mass is 9.94. The lowest BCUT2D eigenvalue weighted by molar-refractivity contribution is 0.486. The summed E-state index contributed by atoms with van der Waals surface area (Å²) in [6, 6.07) is 6.50. The molecule has 0 saturated heterocycles. The van der Waals surface area contributed by atoms with Crippen LogP contribution >= 0.6 is 11.3 Å². The monoisotopic (exact) mass is 278 g/mol. The molecule has 1 aromatic heterocycles. The van der Waals surface area contributed by atoms with Crippen LogP contribution in [0, 0.1) is 12.7 Å². The predicted molar refractivity (Wildman–Crippen MR) is 77.9 cm³/mol. The molecule has 1 unspecified atom stereocenters. The van der Waals surface area contributed by atoms with Gasteiger partial charge in [-0.3, -0.25) is 0 Å². The zero-order valence-electron chi connectivity index (χ0n) is 11.5. The second-order valence-corrected chi connectivity index (χ2v) is 6.30. The number of aryl methyl sites for hydroxylation is 2. The number of nitrogens with zero attached hydrogens (tertiary/aromatic N) is 1. The number of halogens is 1. The number of benzene rings is 1. The van der Waals surface area contributed by atoms with Crippen LogP contribution in [0.25, 0.3) is 0 Å². The fourth-order valence-corrected chi connectivity index (χ4v) is 3.16. The van der Waals surface area contributed by atoms with Crippen LogP contribution in [0.2, 0.25) is 0 Å². The summed E-state index contributed by atoms with van der Waals surface area (Å²) in [5.74, 6) is -0.221. The molecule has 0 amide bonds. The maximum absolute atomic E-state index is 12.9. The highest BCUT2D eigenvalue weighted by Gasteiger charge is 2.26. The molecule has 2 rings (SSSR count). The molecule has 19 heavy (non-hydrogen) atoms. The van der Waals surface area contributed by atoms with Gasteiger partial charge in [0.05, 0.1) is 11.2 Å². The van der Waals surface area contributed by atoms with E-state index < -0.39 is 5.54 Å². The molecule has 0 spiro atoms. The van der Waals surface area contributed by atoms with Gasteiger partial charge in [-0.25, -0.2) is 9.37 Å². The molecule has 0 fully saturated rings. The van der Waals surface area contributed by atoms with Gasteiger partial charge in [-0.1, -0.05) is 19.1 Å². The number of nitrogens with two attached hydrogens (primary N) is 1. The van der Waals surface area contributed by atoms with E-state index in [2.05, 4.69) is 18.8 Å². The van der Waals surface area contributed by atoms with E-state index in [4.69, 9.17) is 5.73 Å². The Balaban J connectivity index is 2.23. The number of hydrogen-bond acceptors (Lipinski definition) is 3. The summed E-state index contributed by atoms with van der Waals surface area (Å²) in [7, 11) is 0. The van der Waals surface area contributed by atoms with Crippen LogP contribution in [0.1, 0.15) is 35.0 Å². The minimum absolute atomic E-state index is 0.221. The smallest absolute Gasteiger partial charge is 0.123 e. The average molecular weight is 278 g/mol. The molecular formula is C15H19FN2S. The van der Waals surface area contributed by atoms with Gasteiger partial charge in [0.1, 0.15) is 10.8 Å². The Labute approximate surface area is 117 Å². The van der Waals surface area contributed by atoms with Crippen molar-refractivity contribution in [1.29, 1.82) is 0 Å². The number of thiazole rings is 1. The van der Waals surface area contributed by atoms with E-state index in [1.807, 2.05) is 6.92 Å². The Morgan fingerprint density at radius 3 is 2.47 bits per heavy atom. The molecule has 4 heteroatoms. The van der Waals surface area contributed by atoms with Crippen molar-refractivity contribution in [3.8, 4) is 0 Å². The van der Waals surface area contributed by atoms with Crippen molar-refractivity contribution in [1.82, 2.24) is 4.98 Å². The average Bonchev–Trinajstić information content (AvgIpc) is 2.74. The molecule has 102 valence electrons. The molecule has 0 radical (unpaired) electrons. The highest BCUT2D eigenvalue weighted by atomic mass is 32.1. The van der Waals surface area contributed by atoms with Crippen molar-refractivity contribution in [2.24, 2.45) is 5.73 Å². The molecule has 0 aliphatic carbocycles. The van der Waals surface area contributed by atoms with E-state index in [9.17, 15) is 4.39 Å². The molecule has 1 aromatic carbocycles. The van der Waals surface area contributed by atoms with Gasteiger partial charge < -0.3 is 5.73 Å². The fourth-order valence-electron chi connectivity index (χ4n) is 2.10. The summed E-state index contributed by atoms with van der Waals surface area (Å²) in [4.78, 5) is 5.86. The standard InChI is InChI=1S/C15H19FN2S/c1-4-13-10(2)19-14(18-13)15(3,17)9-11-5-7-12(16)8-6-11/h5-8H,4,9,17H2,1-3H3. The molecule has 0 saturated carbocycles. The second kappa shape index (κ2) is 5.39. The Morgan fingerprint density at radius 2 is 1.95 bits per heavy atom.